The summed E-state index contributed by atoms with van der Waals surface area (Å²) in [6.45, 7) is 0. The third-order valence-corrected chi connectivity index (χ3v) is 0.568. The molecular weight excluding hydrogens is 132 g/mol. The number of allylic oxidation sites excluding steroid dienone is 1. The maximum atomic E-state index is 7.86. The maximum absolute atomic E-state index is 7.86. The summed E-state index contributed by atoms with van der Waals surface area (Å²) in [6.07, 6.45) is 2.61. The number of hydrogen-bond donors (Lipinski definition) is 1. The smallest absolute Gasteiger partial charge is 0.0760 e. The second kappa shape index (κ2) is 4.02. The molecule has 1 N–H and O–H groups in total. The highest BCUT2D eigenvalue weighted by atomic mass is 79.9. The molecule has 0 aromatic heterocycles. The molecule has 0 radical (unpaired) electrons. The lowest BCUT2D eigenvalue weighted by molar-refractivity contribution is 0.473. The van der Waals surface area contributed by atoms with Gasteiger partial charge >= 0.3 is 0 Å². The van der Waals surface area contributed by atoms with Crippen molar-refractivity contribution in [2.45, 2.75) is 0 Å². The van der Waals surface area contributed by atoms with Gasteiger partial charge < -0.3 is 5.11 Å². The van der Waals surface area contributed by atoms with Crippen molar-refractivity contribution in [3.05, 3.63) is 12.3 Å². The molecule has 0 aliphatic heterocycles. The molecule has 0 heterocycles. The summed E-state index contributed by atoms with van der Waals surface area (Å²) in [5.41, 5.74) is 0. The zero-order valence-electron chi connectivity index (χ0n) is 2.69. The van der Waals surface area contributed by atoms with E-state index in [4.69, 9.17) is 5.11 Å². The van der Waals surface area contributed by atoms with Crippen LogP contribution in [0.15, 0.2) is 12.3 Å². The highest BCUT2D eigenvalue weighted by molar-refractivity contribution is 9.09. The summed E-state index contributed by atoms with van der Waals surface area (Å²) in [4.78, 5) is 0. The lowest BCUT2D eigenvalue weighted by Crippen LogP contribution is -1.53. The van der Waals surface area contributed by atoms with Crippen LogP contribution in [-0.4, -0.2) is 10.4 Å². The first kappa shape index (κ1) is 5.02. The van der Waals surface area contributed by atoms with Crippen LogP contribution in [0.4, 0.5) is 0 Å². The van der Waals surface area contributed by atoms with E-state index in [2.05, 4.69) is 15.9 Å². The number of aliphatic hydroxyl groups is 1. The Labute approximate surface area is 39.4 Å². The van der Waals surface area contributed by atoms with Gasteiger partial charge in [-0.2, -0.15) is 0 Å². The molecule has 0 aliphatic carbocycles. The Bertz CT molecular complexity index is 33.9. The fourth-order valence-electron chi connectivity index (χ4n) is 0.0398. The third kappa shape index (κ3) is 4.02. The summed E-state index contributed by atoms with van der Waals surface area (Å²) in [5.74, 6) is 0. The standard InChI is InChI=1S/C3H5BrO/c4-2-1-3-5/h1,3,5H,2H2/b3-1+. The summed E-state index contributed by atoms with van der Waals surface area (Å²) in [6, 6.07) is 0. The first-order chi connectivity index (χ1) is 2.41. The van der Waals surface area contributed by atoms with Gasteiger partial charge in [-0.3, -0.25) is 0 Å². The summed E-state index contributed by atoms with van der Waals surface area (Å²) in [5, 5.41) is 8.58. The minimum Gasteiger partial charge on any atom is -0.516 e. The highest BCUT2D eigenvalue weighted by Gasteiger charge is 1.55. The van der Waals surface area contributed by atoms with Crippen LogP contribution in [0.25, 0.3) is 0 Å². The van der Waals surface area contributed by atoms with Crippen LogP contribution in [0.2, 0.25) is 0 Å². The van der Waals surface area contributed by atoms with Crippen LogP contribution >= 0.6 is 15.9 Å². The molecule has 5 heavy (non-hydrogen) atoms. The maximum Gasteiger partial charge on any atom is 0.0760 e. The van der Waals surface area contributed by atoms with Crippen LogP contribution in [-0.2, 0) is 0 Å². The molecule has 0 atom stereocenters. The lowest BCUT2D eigenvalue weighted by atomic mass is 10.7. The van der Waals surface area contributed by atoms with E-state index in [9.17, 15) is 0 Å². The highest BCUT2D eigenvalue weighted by Crippen LogP contribution is 1.76. The Kier molecular flexibility index (Phi) is 4.04. The van der Waals surface area contributed by atoms with Gasteiger partial charge in [-0.15, -0.1) is 0 Å². The second-order valence-electron chi connectivity index (χ2n) is 0.539. The Balaban J connectivity index is 2.62. The van der Waals surface area contributed by atoms with Gasteiger partial charge in [0, 0.05) is 5.33 Å². The normalized spacial score (nSPS) is 9.80. The molecular formula is C3H5BrO. The summed E-state index contributed by atoms with van der Waals surface area (Å²) >= 11 is 3.06. The van der Waals surface area contributed by atoms with Crippen molar-refractivity contribution in [1.82, 2.24) is 0 Å². The monoisotopic (exact) mass is 136 g/mol. The fraction of sp³-hybridized carbons (Fsp3) is 0.333. The Morgan fingerprint density at radius 1 is 1.80 bits per heavy atom. The average molecular weight is 137 g/mol. The average Bonchev–Trinajstić information content (AvgIpc) is 1.41. The topological polar surface area (TPSA) is 20.2 Å². The molecule has 0 spiro atoms. The van der Waals surface area contributed by atoms with Gasteiger partial charge in [0.25, 0.3) is 0 Å². The first-order valence-electron chi connectivity index (χ1n) is 1.27. The van der Waals surface area contributed by atoms with E-state index in [0.29, 0.717) is 0 Å². The van der Waals surface area contributed by atoms with E-state index in [1.54, 1.807) is 6.08 Å². The van der Waals surface area contributed by atoms with Crippen LogP contribution in [0.5, 0.6) is 0 Å². The van der Waals surface area contributed by atoms with Crippen molar-refractivity contribution in [3.8, 4) is 0 Å². The lowest BCUT2D eigenvalue weighted by Gasteiger charge is -1.64. The molecule has 0 bridgehead atoms. The molecule has 0 rings (SSSR count). The van der Waals surface area contributed by atoms with Gasteiger partial charge in [-0.1, -0.05) is 15.9 Å². The van der Waals surface area contributed by atoms with Crippen LogP contribution in [0.1, 0.15) is 0 Å². The van der Waals surface area contributed by atoms with Crippen molar-refractivity contribution in [3.63, 3.8) is 0 Å². The molecule has 0 saturated heterocycles. The van der Waals surface area contributed by atoms with E-state index >= 15 is 0 Å². The van der Waals surface area contributed by atoms with Gasteiger partial charge in [0.15, 0.2) is 0 Å². The number of rotatable bonds is 1. The van der Waals surface area contributed by atoms with Crippen LogP contribution < -0.4 is 0 Å². The van der Waals surface area contributed by atoms with Crippen molar-refractivity contribution < 1.29 is 5.11 Å². The predicted octanol–water partition coefficient (Wildman–Crippen LogP) is 1.45. The Morgan fingerprint density at radius 3 is 2.40 bits per heavy atom. The molecule has 1 nitrogen and oxygen atoms in total. The predicted molar refractivity (Wildman–Crippen MR) is 25.6 cm³/mol. The van der Waals surface area contributed by atoms with Crippen molar-refractivity contribution in [1.29, 1.82) is 0 Å². The zero-order valence-corrected chi connectivity index (χ0v) is 4.27. The second-order valence-corrected chi connectivity index (χ2v) is 1.19. The molecule has 0 unspecified atom stereocenters. The molecule has 0 fully saturated rings. The van der Waals surface area contributed by atoms with Crippen LogP contribution in [0.3, 0.4) is 0 Å². The minimum absolute atomic E-state index is 0.726. The minimum atomic E-state index is 0.726. The molecule has 0 amide bonds. The zero-order chi connectivity index (χ0) is 4.12. The SMILES string of the molecule is O/C=C/CBr. The third-order valence-electron chi connectivity index (χ3n) is 0.194. The molecule has 0 aliphatic rings. The molecule has 0 aromatic rings. The molecule has 30 valence electrons. The van der Waals surface area contributed by atoms with E-state index in [1.807, 2.05) is 0 Å². The molecule has 0 saturated carbocycles. The van der Waals surface area contributed by atoms with Gasteiger partial charge in [-0.25, -0.2) is 0 Å². The van der Waals surface area contributed by atoms with E-state index < -0.39 is 0 Å². The first-order valence-corrected chi connectivity index (χ1v) is 2.39. The van der Waals surface area contributed by atoms with Gasteiger partial charge in [-0.05, 0) is 6.08 Å². The number of aliphatic hydroxyl groups excluding tert-OH is 1. The number of halogens is 1. The fourth-order valence-corrected chi connectivity index (χ4v) is 0.207. The molecule has 2 heteroatoms. The number of alkyl halides is 1. The van der Waals surface area contributed by atoms with Gasteiger partial charge in [0.1, 0.15) is 0 Å². The van der Waals surface area contributed by atoms with Crippen molar-refractivity contribution in [2.75, 3.05) is 5.33 Å². The van der Waals surface area contributed by atoms with E-state index in [-0.39, 0.29) is 0 Å². The Morgan fingerprint density at radius 2 is 2.40 bits per heavy atom. The van der Waals surface area contributed by atoms with Crippen molar-refractivity contribution >= 4 is 15.9 Å². The van der Waals surface area contributed by atoms with Gasteiger partial charge in [0.2, 0.25) is 0 Å². The van der Waals surface area contributed by atoms with Crippen LogP contribution in [0, 0.1) is 0 Å². The summed E-state index contributed by atoms with van der Waals surface area (Å²) in [7, 11) is 0. The summed E-state index contributed by atoms with van der Waals surface area (Å²) < 4.78 is 0. The Hall–Kier alpha value is 0.0200. The number of hydrogen-bond acceptors (Lipinski definition) is 1. The molecule has 0 aromatic carbocycles. The largest absolute Gasteiger partial charge is 0.516 e. The quantitative estimate of drug-likeness (QED) is 0.428. The van der Waals surface area contributed by atoms with Crippen molar-refractivity contribution in [2.24, 2.45) is 0 Å². The van der Waals surface area contributed by atoms with E-state index in [1.165, 1.54) is 0 Å². The van der Waals surface area contributed by atoms with E-state index in [0.717, 1.165) is 11.6 Å². The van der Waals surface area contributed by atoms with Gasteiger partial charge in [0.05, 0.1) is 6.26 Å².